The zero-order valence-corrected chi connectivity index (χ0v) is 15.9. The average Bonchev–Trinajstić information content (AvgIpc) is 2.31. The number of phenols is 1. The molecule has 2 aromatic carbocycles. The summed E-state index contributed by atoms with van der Waals surface area (Å²) in [5.41, 5.74) is 0. The van der Waals surface area contributed by atoms with E-state index < -0.39 is 0 Å². The molecule has 0 bridgehead atoms. The van der Waals surface area contributed by atoms with Gasteiger partial charge in [-0.25, -0.2) is 0 Å². The summed E-state index contributed by atoms with van der Waals surface area (Å²) < 4.78 is 0. The van der Waals surface area contributed by atoms with Gasteiger partial charge in [0.2, 0.25) is 0 Å². The number of halogens is 4. The van der Waals surface area contributed by atoms with Gasteiger partial charge in [-0.3, -0.25) is 0 Å². The molecule has 0 atom stereocenters. The second-order valence-electron chi connectivity index (χ2n) is 3.55. The minimum Gasteiger partial charge on any atom is -0.871 e. The molecule has 0 aliphatic carbocycles. The van der Waals surface area contributed by atoms with Crippen molar-refractivity contribution < 1.29 is 39.8 Å². The van der Waals surface area contributed by atoms with E-state index in [1.165, 1.54) is 24.3 Å². The van der Waals surface area contributed by atoms with E-state index in [4.69, 9.17) is 46.4 Å². The number of hydrogen-bond donors (Lipinski definition) is 1. The van der Waals surface area contributed by atoms with Crippen molar-refractivity contribution in [2.75, 3.05) is 0 Å². The minimum atomic E-state index is -0.369. The van der Waals surface area contributed by atoms with E-state index in [1.54, 1.807) is 0 Å². The predicted octanol–water partition coefficient (Wildman–Crippen LogP) is 2.23. The fraction of sp³-hybridized carbons (Fsp3) is 0. The molecule has 0 fully saturated rings. The molecule has 0 aliphatic rings. The normalized spacial score (nSPS) is 10.2. The van der Waals surface area contributed by atoms with E-state index in [1.807, 2.05) is 0 Å². The SMILES string of the molecule is [Na+].[O-]c1c(Cl)cc(Cl)cc1Sc1cc(Cl)cc(Cl)c1O. The van der Waals surface area contributed by atoms with Crippen molar-refractivity contribution in [2.24, 2.45) is 0 Å². The number of phenolic OH excluding ortho intramolecular Hbond substituents is 1. The molecule has 0 saturated carbocycles. The molecular formula is C12H5Cl4NaO2S. The number of hydrogen-bond acceptors (Lipinski definition) is 3. The van der Waals surface area contributed by atoms with Crippen LogP contribution in [0.15, 0.2) is 34.1 Å². The van der Waals surface area contributed by atoms with Gasteiger partial charge in [-0.15, -0.1) is 0 Å². The van der Waals surface area contributed by atoms with Crippen LogP contribution in [0, 0.1) is 0 Å². The summed E-state index contributed by atoms with van der Waals surface area (Å²) in [4.78, 5) is 0.638. The molecule has 0 amide bonds. The molecule has 2 rings (SSSR count). The van der Waals surface area contributed by atoms with Gasteiger partial charge >= 0.3 is 29.6 Å². The molecule has 2 aromatic rings. The van der Waals surface area contributed by atoms with E-state index in [9.17, 15) is 10.2 Å². The number of aromatic hydroxyl groups is 1. The molecule has 100 valence electrons. The Bertz CT molecular complexity index is 596. The van der Waals surface area contributed by atoms with Gasteiger partial charge in [0, 0.05) is 20.0 Å². The van der Waals surface area contributed by atoms with Crippen LogP contribution < -0.4 is 34.7 Å². The maximum absolute atomic E-state index is 11.8. The van der Waals surface area contributed by atoms with E-state index in [0.29, 0.717) is 14.9 Å². The first-order valence-corrected chi connectivity index (χ1v) is 7.23. The first-order chi connectivity index (χ1) is 8.88. The monoisotopic (exact) mass is 376 g/mol. The third-order valence-electron chi connectivity index (χ3n) is 2.19. The zero-order valence-electron chi connectivity index (χ0n) is 10.1. The third-order valence-corrected chi connectivity index (χ3v) is 4.25. The van der Waals surface area contributed by atoms with Crippen LogP contribution in [0.5, 0.6) is 11.5 Å². The fourth-order valence-corrected chi connectivity index (χ4v) is 3.60. The van der Waals surface area contributed by atoms with Crippen molar-refractivity contribution in [1.29, 1.82) is 0 Å². The Morgan fingerprint density at radius 1 is 0.850 bits per heavy atom. The molecule has 0 spiro atoms. The van der Waals surface area contributed by atoms with E-state index in [2.05, 4.69) is 0 Å². The van der Waals surface area contributed by atoms with Crippen molar-refractivity contribution in [3.63, 3.8) is 0 Å². The van der Waals surface area contributed by atoms with Crippen molar-refractivity contribution in [2.45, 2.75) is 9.79 Å². The summed E-state index contributed by atoms with van der Waals surface area (Å²) in [6, 6.07) is 5.74. The summed E-state index contributed by atoms with van der Waals surface area (Å²) in [5, 5.41) is 22.5. The number of rotatable bonds is 2. The van der Waals surface area contributed by atoms with Crippen LogP contribution in [-0.2, 0) is 0 Å². The average molecular weight is 378 g/mol. The molecule has 0 radical (unpaired) electrons. The topological polar surface area (TPSA) is 43.3 Å². The van der Waals surface area contributed by atoms with Crippen LogP contribution in [0.4, 0.5) is 0 Å². The summed E-state index contributed by atoms with van der Waals surface area (Å²) in [6.45, 7) is 0. The predicted molar refractivity (Wildman–Crippen MR) is 78.2 cm³/mol. The molecular weight excluding hydrogens is 373 g/mol. The van der Waals surface area contributed by atoms with Gasteiger partial charge in [0.1, 0.15) is 5.75 Å². The van der Waals surface area contributed by atoms with Gasteiger partial charge in [0.05, 0.1) is 9.92 Å². The summed E-state index contributed by atoms with van der Waals surface area (Å²) in [5.74, 6) is -0.516. The smallest absolute Gasteiger partial charge is 0.871 e. The third kappa shape index (κ3) is 4.28. The van der Waals surface area contributed by atoms with Crippen molar-refractivity contribution >= 4 is 58.2 Å². The molecule has 20 heavy (non-hydrogen) atoms. The Labute approximate surface area is 162 Å². The molecule has 0 unspecified atom stereocenters. The van der Waals surface area contributed by atoms with Crippen LogP contribution in [-0.4, -0.2) is 5.11 Å². The van der Waals surface area contributed by atoms with Crippen LogP contribution in [0.1, 0.15) is 0 Å². The fourth-order valence-electron chi connectivity index (χ4n) is 1.35. The second kappa shape index (κ2) is 7.70. The summed E-state index contributed by atoms with van der Waals surface area (Å²) >= 11 is 24.3. The first-order valence-electron chi connectivity index (χ1n) is 4.90. The van der Waals surface area contributed by atoms with Gasteiger partial charge in [0.25, 0.3) is 0 Å². The Hall–Kier alpha value is 0.550. The van der Waals surface area contributed by atoms with Crippen molar-refractivity contribution in [3.05, 3.63) is 44.4 Å². The minimum absolute atomic E-state index is 0. The first kappa shape index (κ1) is 18.6. The largest absolute Gasteiger partial charge is 1.00 e. The Balaban J connectivity index is 0.00000200. The summed E-state index contributed by atoms with van der Waals surface area (Å²) in [7, 11) is 0. The van der Waals surface area contributed by atoms with Crippen LogP contribution >= 0.6 is 58.2 Å². The molecule has 1 N–H and O–H groups in total. The van der Waals surface area contributed by atoms with Crippen molar-refractivity contribution in [1.82, 2.24) is 0 Å². The second-order valence-corrected chi connectivity index (χ2v) is 6.32. The van der Waals surface area contributed by atoms with Gasteiger partial charge in [0.15, 0.2) is 0 Å². The van der Waals surface area contributed by atoms with E-state index >= 15 is 0 Å². The van der Waals surface area contributed by atoms with Gasteiger partial charge < -0.3 is 10.2 Å². The number of benzene rings is 2. The van der Waals surface area contributed by atoms with Crippen LogP contribution in [0.3, 0.4) is 0 Å². The molecule has 0 aromatic heterocycles. The Kier molecular flexibility index (Phi) is 7.16. The van der Waals surface area contributed by atoms with Crippen LogP contribution in [0.25, 0.3) is 0 Å². The molecule has 2 nitrogen and oxygen atoms in total. The zero-order chi connectivity index (χ0) is 14.2. The van der Waals surface area contributed by atoms with Crippen molar-refractivity contribution in [3.8, 4) is 11.5 Å². The van der Waals surface area contributed by atoms with E-state index in [0.717, 1.165) is 11.8 Å². The standard InChI is InChI=1S/C12H6Cl4O2S.Na/c13-5-1-7(15)11(17)9(3-5)19-10-4-6(14)2-8(16)12(10)18;/h1-4,17-18H;/q;+1/p-1. The molecule has 0 heterocycles. The van der Waals surface area contributed by atoms with Crippen LogP contribution in [0.2, 0.25) is 20.1 Å². The van der Waals surface area contributed by atoms with E-state index in [-0.39, 0.29) is 56.0 Å². The van der Waals surface area contributed by atoms with Gasteiger partial charge in [-0.05, 0) is 24.3 Å². The summed E-state index contributed by atoms with van der Waals surface area (Å²) in [6.07, 6.45) is 0. The Morgan fingerprint density at radius 3 is 1.95 bits per heavy atom. The maximum atomic E-state index is 11.8. The quantitative estimate of drug-likeness (QED) is 0.816. The Morgan fingerprint density at radius 2 is 1.35 bits per heavy atom. The molecule has 0 saturated heterocycles. The molecule has 8 heteroatoms. The maximum Gasteiger partial charge on any atom is 1.00 e. The van der Waals surface area contributed by atoms with Gasteiger partial charge in [-0.2, -0.15) is 0 Å². The molecule has 0 aliphatic heterocycles. The van der Waals surface area contributed by atoms with Gasteiger partial charge in [-0.1, -0.05) is 63.9 Å².